The molecule has 4 aromatic carbocycles. The molecule has 1 aliphatic heterocycles. The number of ether oxygens (including phenoxy) is 5. The Bertz CT molecular complexity index is 2600. The standard InChI is InChI=1S/C57H70ClN3O12/c1-11-12-29-70-48-27-23-40-33-44(48)43-31-36(16-26-49(43)71-55(68)73-57(6,7)8)32-45(53(66)69-10)60-51(64)35(2)30-47(63)50(40)61(9)52(65)41(15-13-14-28-59-54(67)72-56(3,4)5)34-46(62)39-19-17-37(18-20-39)38-21-24-42(58)25-22-38/h16-27,31,33,35,41,45,50H,11-15,28-30,32,34H2,1-10H3,(H,59,67)(H,60,64)/t35-,41-,45+,50+/m1/s1. The summed E-state index contributed by atoms with van der Waals surface area (Å²) in [6.45, 7) is 14.6. The largest absolute Gasteiger partial charge is 0.514 e. The fourth-order valence-corrected chi connectivity index (χ4v) is 8.47. The second-order valence-corrected chi connectivity index (χ2v) is 20.8. The second-order valence-electron chi connectivity index (χ2n) is 20.4. The Labute approximate surface area is 434 Å². The zero-order valence-corrected chi connectivity index (χ0v) is 44.4. The number of halogens is 1. The van der Waals surface area contributed by atoms with Crippen molar-refractivity contribution in [3.8, 4) is 33.8 Å². The zero-order valence-electron chi connectivity index (χ0n) is 43.7. The van der Waals surface area contributed by atoms with Crippen LogP contribution < -0.4 is 20.1 Å². The number of fused-ring (bicyclic) bond motifs is 5. The van der Waals surface area contributed by atoms with E-state index in [0.717, 1.165) is 17.5 Å². The maximum absolute atomic E-state index is 15.2. The van der Waals surface area contributed by atoms with Crippen LogP contribution >= 0.6 is 11.6 Å². The van der Waals surface area contributed by atoms with E-state index in [1.165, 1.54) is 19.1 Å². The summed E-state index contributed by atoms with van der Waals surface area (Å²) in [5.41, 5.74) is 2.23. The molecule has 4 bridgehead atoms. The highest BCUT2D eigenvalue weighted by Crippen LogP contribution is 2.41. The van der Waals surface area contributed by atoms with Crippen molar-refractivity contribution in [2.45, 2.75) is 130 Å². The van der Waals surface area contributed by atoms with Crippen molar-refractivity contribution < 1.29 is 57.2 Å². The molecule has 2 N–H and O–H groups in total. The van der Waals surface area contributed by atoms with Crippen LogP contribution in [0, 0.1) is 11.8 Å². The minimum absolute atomic E-state index is 0.0198. The van der Waals surface area contributed by atoms with E-state index in [4.69, 9.17) is 35.3 Å². The number of Topliss-reactive ketones (excluding diaryl/α,β-unsaturated/α-hetero) is 2. The van der Waals surface area contributed by atoms with E-state index in [0.29, 0.717) is 64.5 Å². The minimum Gasteiger partial charge on any atom is -0.493 e. The van der Waals surface area contributed by atoms with Crippen LogP contribution in [-0.2, 0) is 39.8 Å². The maximum Gasteiger partial charge on any atom is 0.514 e. The highest BCUT2D eigenvalue weighted by molar-refractivity contribution is 6.30. The van der Waals surface area contributed by atoms with E-state index in [2.05, 4.69) is 10.6 Å². The topological polar surface area (TPSA) is 193 Å². The molecule has 15 nitrogen and oxygen atoms in total. The van der Waals surface area contributed by atoms with Crippen LogP contribution in [0.4, 0.5) is 9.59 Å². The molecule has 0 aliphatic carbocycles. The number of likely N-dealkylation sites (N-methyl/N-ethyl adjacent to an activating group) is 1. The predicted octanol–water partition coefficient (Wildman–Crippen LogP) is 11.1. The molecule has 0 fully saturated rings. The number of carbonyl (C=O) groups is 7. The first-order valence-corrected chi connectivity index (χ1v) is 25.2. The normalized spacial score (nSPS) is 16.5. The van der Waals surface area contributed by atoms with Crippen molar-refractivity contribution >= 4 is 53.2 Å². The van der Waals surface area contributed by atoms with Crippen molar-refractivity contribution in [2.75, 3.05) is 27.3 Å². The molecule has 392 valence electrons. The Morgan fingerprint density at radius 3 is 2.05 bits per heavy atom. The van der Waals surface area contributed by atoms with Crippen LogP contribution in [0.5, 0.6) is 11.5 Å². The van der Waals surface area contributed by atoms with Gasteiger partial charge in [0.1, 0.15) is 34.8 Å². The van der Waals surface area contributed by atoms with Gasteiger partial charge in [0.05, 0.1) is 13.7 Å². The average Bonchev–Trinajstić information content (AvgIpc) is 3.32. The Kier molecular flexibility index (Phi) is 20.2. The van der Waals surface area contributed by atoms with Gasteiger partial charge < -0.3 is 39.2 Å². The van der Waals surface area contributed by atoms with Crippen molar-refractivity contribution in [3.05, 3.63) is 107 Å². The molecule has 16 heteroatoms. The highest BCUT2D eigenvalue weighted by Gasteiger charge is 2.37. The summed E-state index contributed by atoms with van der Waals surface area (Å²) in [6, 6.07) is 21.9. The lowest BCUT2D eigenvalue weighted by Crippen LogP contribution is -2.46. The number of rotatable bonds is 17. The summed E-state index contributed by atoms with van der Waals surface area (Å²) in [5, 5.41) is 6.10. The lowest BCUT2D eigenvalue weighted by molar-refractivity contribution is -0.146. The molecular weight excluding hydrogens is 954 g/mol. The summed E-state index contributed by atoms with van der Waals surface area (Å²) in [5.74, 6) is -4.05. The molecule has 0 unspecified atom stereocenters. The van der Waals surface area contributed by atoms with Gasteiger partial charge in [0.2, 0.25) is 11.8 Å². The van der Waals surface area contributed by atoms with Crippen LogP contribution in [0.25, 0.3) is 22.3 Å². The van der Waals surface area contributed by atoms with Gasteiger partial charge in [0.15, 0.2) is 11.6 Å². The third-order valence-corrected chi connectivity index (χ3v) is 12.3. The predicted molar refractivity (Wildman–Crippen MR) is 279 cm³/mol. The number of unbranched alkanes of at least 4 members (excludes halogenated alkanes) is 2. The van der Waals surface area contributed by atoms with Crippen molar-refractivity contribution in [1.29, 1.82) is 0 Å². The molecule has 0 aromatic heterocycles. The van der Waals surface area contributed by atoms with Gasteiger partial charge in [-0.3, -0.25) is 19.2 Å². The van der Waals surface area contributed by atoms with Gasteiger partial charge in [0, 0.05) is 66.4 Å². The summed E-state index contributed by atoms with van der Waals surface area (Å²) in [7, 11) is 2.71. The van der Waals surface area contributed by atoms with Gasteiger partial charge >= 0.3 is 18.2 Å². The van der Waals surface area contributed by atoms with E-state index in [-0.39, 0.29) is 43.8 Å². The Morgan fingerprint density at radius 2 is 1.42 bits per heavy atom. The van der Waals surface area contributed by atoms with Crippen LogP contribution in [0.3, 0.4) is 0 Å². The summed E-state index contributed by atoms with van der Waals surface area (Å²) < 4.78 is 28.2. The smallest absolute Gasteiger partial charge is 0.493 e. The number of nitrogens with one attached hydrogen (secondary N) is 2. The Balaban J connectivity index is 1.60. The average molecular weight is 1020 g/mol. The molecule has 0 radical (unpaired) electrons. The fraction of sp³-hybridized carbons (Fsp3) is 0.456. The van der Waals surface area contributed by atoms with E-state index >= 15 is 4.79 Å². The number of hydrogen-bond donors (Lipinski definition) is 2. The third kappa shape index (κ3) is 16.9. The zero-order chi connectivity index (χ0) is 53.6. The lowest BCUT2D eigenvalue weighted by atomic mass is 9.88. The van der Waals surface area contributed by atoms with Gasteiger partial charge in [-0.1, -0.05) is 86.8 Å². The molecule has 3 amide bonds. The van der Waals surface area contributed by atoms with Gasteiger partial charge in [0.25, 0.3) is 0 Å². The molecule has 1 aliphatic rings. The number of carbonyl (C=O) groups excluding carboxylic acids is 7. The number of esters is 1. The molecule has 4 aromatic rings. The van der Waals surface area contributed by atoms with Crippen LogP contribution in [0.1, 0.15) is 128 Å². The number of ketones is 2. The number of amides is 3. The maximum atomic E-state index is 15.2. The van der Waals surface area contributed by atoms with E-state index < -0.39 is 70.9 Å². The molecule has 1 heterocycles. The van der Waals surface area contributed by atoms with Gasteiger partial charge in [-0.05, 0) is 119 Å². The third-order valence-electron chi connectivity index (χ3n) is 12.0. The molecule has 0 saturated heterocycles. The molecule has 4 atom stereocenters. The van der Waals surface area contributed by atoms with Gasteiger partial charge in [-0.15, -0.1) is 0 Å². The van der Waals surface area contributed by atoms with Crippen molar-refractivity contribution in [2.24, 2.45) is 11.8 Å². The number of methoxy groups -OCH3 is 1. The Hall–Kier alpha value is -6.74. The highest BCUT2D eigenvalue weighted by atomic mass is 35.5. The van der Waals surface area contributed by atoms with Crippen molar-refractivity contribution in [3.63, 3.8) is 0 Å². The van der Waals surface area contributed by atoms with Crippen LogP contribution in [0.15, 0.2) is 84.9 Å². The fourth-order valence-electron chi connectivity index (χ4n) is 8.34. The summed E-state index contributed by atoms with van der Waals surface area (Å²) in [4.78, 5) is 98.5. The first kappa shape index (κ1) is 57.2. The van der Waals surface area contributed by atoms with Crippen molar-refractivity contribution in [1.82, 2.24) is 15.5 Å². The first-order valence-electron chi connectivity index (χ1n) is 24.8. The number of hydrogen-bond acceptors (Lipinski definition) is 12. The van der Waals surface area contributed by atoms with Crippen LogP contribution in [-0.4, -0.2) is 91.1 Å². The minimum atomic E-state index is -1.31. The van der Waals surface area contributed by atoms with Crippen LogP contribution in [0.2, 0.25) is 5.02 Å². The first-order chi connectivity index (χ1) is 34.5. The quantitative estimate of drug-likeness (QED) is 0.0335. The molecule has 73 heavy (non-hydrogen) atoms. The second kappa shape index (κ2) is 25.8. The molecule has 0 saturated carbocycles. The molecule has 0 spiro atoms. The number of alkyl carbamates (subject to hydrolysis) is 1. The summed E-state index contributed by atoms with van der Waals surface area (Å²) in [6.07, 6.45) is 0.508. The SMILES string of the molecule is CCCCOc1ccc2cc1-c1cc(ccc1OC(=O)OC(C)(C)C)C[C@@H](C(=O)OC)NC(=O)[C@H](C)CC(=O)[C@H]2N(C)C(=O)[C@H](CCCCNC(=O)OC(C)(C)C)CC(=O)c1ccc(-c2ccc(Cl)cc2)cc1. The number of benzene rings is 4. The van der Waals surface area contributed by atoms with E-state index in [1.54, 1.807) is 109 Å². The molecular formula is C57H70ClN3O12. The van der Waals surface area contributed by atoms with E-state index in [9.17, 15) is 28.8 Å². The Morgan fingerprint density at radius 1 is 0.795 bits per heavy atom. The lowest BCUT2D eigenvalue weighted by Gasteiger charge is -2.32. The number of nitrogens with zero attached hydrogens (tertiary/aromatic N) is 1. The van der Waals surface area contributed by atoms with Gasteiger partial charge in [-0.2, -0.15) is 0 Å². The summed E-state index contributed by atoms with van der Waals surface area (Å²) >= 11 is 6.12. The monoisotopic (exact) mass is 1020 g/mol. The van der Waals surface area contributed by atoms with Gasteiger partial charge in [-0.25, -0.2) is 14.4 Å². The van der Waals surface area contributed by atoms with E-state index in [1.807, 2.05) is 31.2 Å². The molecule has 5 rings (SSSR count).